The average molecular weight is 331 g/mol. The highest BCUT2D eigenvalue weighted by Crippen LogP contribution is 2.27. The lowest BCUT2D eigenvalue weighted by molar-refractivity contribution is -0.0549. The number of methoxy groups -OCH3 is 1. The van der Waals surface area contributed by atoms with Crippen molar-refractivity contribution in [2.45, 2.75) is 18.4 Å². The molecule has 6 nitrogen and oxygen atoms in total. The van der Waals surface area contributed by atoms with Gasteiger partial charge < -0.3 is 24.3 Å². The number of amides is 1. The molecule has 6 heteroatoms. The maximum atomic E-state index is 12.5. The van der Waals surface area contributed by atoms with Crippen molar-refractivity contribution in [3.63, 3.8) is 0 Å². The Bertz CT molecular complexity index is 716. The summed E-state index contributed by atoms with van der Waals surface area (Å²) in [5.74, 6) is 1.38. The van der Waals surface area contributed by atoms with Gasteiger partial charge in [-0.05, 0) is 37.1 Å². The van der Waals surface area contributed by atoms with Gasteiger partial charge in [0.25, 0.3) is 5.91 Å². The number of nitrogens with zero attached hydrogens (tertiary/aromatic N) is 1. The Morgan fingerprint density at radius 1 is 1.29 bits per heavy atom. The summed E-state index contributed by atoms with van der Waals surface area (Å²) in [6.07, 6.45) is 0.720. The van der Waals surface area contributed by atoms with E-state index in [4.69, 9.17) is 9.15 Å². The fourth-order valence-corrected chi connectivity index (χ4v) is 2.82. The van der Waals surface area contributed by atoms with E-state index in [1.807, 2.05) is 24.3 Å². The topological polar surface area (TPSA) is 83.1 Å². The van der Waals surface area contributed by atoms with E-state index in [1.165, 1.54) is 0 Å². The number of piperidine rings is 1. The van der Waals surface area contributed by atoms with Crippen molar-refractivity contribution in [1.82, 2.24) is 4.90 Å². The van der Waals surface area contributed by atoms with Gasteiger partial charge in [0.05, 0.1) is 19.3 Å². The molecule has 0 atom stereocenters. The Hall–Kier alpha value is -2.31. The van der Waals surface area contributed by atoms with Crippen LogP contribution in [0.1, 0.15) is 23.4 Å². The van der Waals surface area contributed by atoms with Gasteiger partial charge in [0.1, 0.15) is 11.5 Å². The number of ether oxygens (including phenoxy) is 1. The molecule has 2 N–H and O–H groups in total. The lowest BCUT2D eigenvalue weighted by Crippen LogP contribution is -2.48. The second kappa shape index (κ2) is 6.67. The van der Waals surface area contributed by atoms with Crippen LogP contribution < -0.4 is 4.74 Å². The third kappa shape index (κ3) is 3.29. The highest BCUT2D eigenvalue weighted by molar-refractivity contribution is 5.92. The minimum Gasteiger partial charge on any atom is -0.497 e. The maximum Gasteiger partial charge on any atom is 0.289 e. The van der Waals surface area contributed by atoms with E-state index >= 15 is 0 Å². The number of aliphatic hydroxyl groups excluding tert-OH is 1. The average Bonchev–Trinajstić information content (AvgIpc) is 3.12. The van der Waals surface area contributed by atoms with Crippen LogP contribution in [-0.2, 0) is 0 Å². The molecule has 0 unspecified atom stereocenters. The molecule has 1 amide bonds. The molecule has 1 fully saturated rings. The molecule has 128 valence electrons. The lowest BCUT2D eigenvalue weighted by Gasteiger charge is -2.36. The molecule has 1 aromatic carbocycles. The van der Waals surface area contributed by atoms with E-state index in [2.05, 4.69) is 0 Å². The molecule has 0 saturated carbocycles. The van der Waals surface area contributed by atoms with Gasteiger partial charge in [-0.1, -0.05) is 12.1 Å². The van der Waals surface area contributed by atoms with Crippen molar-refractivity contribution >= 4 is 5.91 Å². The highest BCUT2D eigenvalue weighted by Gasteiger charge is 2.34. The summed E-state index contributed by atoms with van der Waals surface area (Å²) < 4.78 is 10.9. The van der Waals surface area contributed by atoms with Gasteiger partial charge >= 0.3 is 0 Å². The molecule has 2 aromatic rings. The second-order valence-corrected chi connectivity index (χ2v) is 6.07. The molecule has 1 aliphatic heterocycles. The van der Waals surface area contributed by atoms with Crippen molar-refractivity contribution < 1.29 is 24.2 Å². The second-order valence-electron chi connectivity index (χ2n) is 6.07. The first-order valence-electron chi connectivity index (χ1n) is 7.91. The van der Waals surface area contributed by atoms with Crippen molar-refractivity contribution in [3.8, 4) is 17.1 Å². The first kappa shape index (κ1) is 16.5. The summed E-state index contributed by atoms with van der Waals surface area (Å²) >= 11 is 0. The van der Waals surface area contributed by atoms with Gasteiger partial charge in [0.2, 0.25) is 0 Å². The molecule has 0 aliphatic carbocycles. The Kier molecular flexibility index (Phi) is 4.59. The molecule has 0 spiro atoms. The summed E-state index contributed by atoms with van der Waals surface area (Å²) in [5.41, 5.74) is -0.243. The number of hydrogen-bond donors (Lipinski definition) is 2. The van der Waals surface area contributed by atoms with Gasteiger partial charge in [-0.2, -0.15) is 0 Å². The Balaban J connectivity index is 1.72. The van der Waals surface area contributed by atoms with Crippen molar-refractivity contribution in [2.24, 2.45) is 0 Å². The van der Waals surface area contributed by atoms with Crippen LogP contribution in [-0.4, -0.2) is 53.4 Å². The van der Waals surface area contributed by atoms with Crippen molar-refractivity contribution in [1.29, 1.82) is 0 Å². The monoisotopic (exact) mass is 331 g/mol. The number of carbonyl (C=O) groups is 1. The molecule has 1 aromatic heterocycles. The van der Waals surface area contributed by atoms with E-state index in [-0.39, 0.29) is 18.3 Å². The van der Waals surface area contributed by atoms with Crippen molar-refractivity contribution in [3.05, 3.63) is 42.2 Å². The predicted octanol–water partition coefficient (Wildman–Crippen LogP) is 1.91. The van der Waals surface area contributed by atoms with E-state index in [0.717, 1.165) is 11.3 Å². The van der Waals surface area contributed by atoms with Gasteiger partial charge in [-0.25, -0.2) is 0 Å². The highest BCUT2D eigenvalue weighted by atomic mass is 16.5. The Morgan fingerprint density at radius 3 is 2.71 bits per heavy atom. The van der Waals surface area contributed by atoms with Crippen LogP contribution >= 0.6 is 0 Å². The number of benzene rings is 1. The van der Waals surface area contributed by atoms with Gasteiger partial charge in [-0.3, -0.25) is 4.79 Å². The maximum absolute atomic E-state index is 12.5. The van der Waals surface area contributed by atoms with E-state index in [1.54, 1.807) is 24.1 Å². The Labute approximate surface area is 140 Å². The van der Waals surface area contributed by atoms with Gasteiger partial charge in [-0.15, -0.1) is 0 Å². The zero-order valence-corrected chi connectivity index (χ0v) is 13.6. The third-order valence-corrected chi connectivity index (χ3v) is 4.45. The van der Waals surface area contributed by atoms with Crippen LogP contribution in [0.15, 0.2) is 40.8 Å². The SMILES string of the molecule is COc1cccc(-c2ccc(C(=O)N3CCC(O)(CO)CC3)o2)c1. The van der Waals surface area contributed by atoms with Crippen LogP contribution in [0.5, 0.6) is 5.75 Å². The first-order valence-corrected chi connectivity index (χ1v) is 7.91. The normalized spacial score (nSPS) is 16.9. The van der Waals surface area contributed by atoms with Crippen LogP contribution in [0.25, 0.3) is 11.3 Å². The van der Waals surface area contributed by atoms with Gasteiger partial charge in [0, 0.05) is 18.7 Å². The number of carbonyl (C=O) groups excluding carboxylic acids is 1. The predicted molar refractivity (Wildman–Crippen MR) is 87.9 cm³/mol. The zero-order chi connectivity index (χ0) is 17.2. The standard InChI is InChI=1S/C18H21NO5/c1-23-14-4-2-3-13(11-14)15-5-6-16(24-15)17(21)19-9-7-18(22,12-20)8-10-19/h2-6,11,20,22H,7-10,12H2,1H3. The summed E-state index contributed by atoms with van der Waals surface area (Å²) in [6.45, 7) is 0.506. The third-order valence-electron chi connectivity index (χ3n) is 4.45. The summed E-state index contributed by atoms with van der Waals surface area (Å²) in [5, 5.41) is 19.2. The number of furan rings is 1. The van der Waals surface area contributed by atoms with Crippen LogP contribution in [0, 0.1) is 0 Å². The number of likely N-dealkylation sites (tertiary alicyclic amines) is 1. The van der Waals surface area contributed by atoms with Crippen LogP contribution in [0.4, 0.5) is 0 Å². The molecule has 3 rings (SSSR count). The van der Waals surface area contributed by atoms with E-state index in [9.17, 15) is 15.0 Å². The van der Waals surface area contributed by atoms with Crippen molar-refractivity contribution in [2.75, 3.05) is 26.8 Å². The number of hydrogen-bond acceptors (Lipinski definition) is 5. The molecule has 1 aliphatic rings. The molecule has 0 bridgehead atoms. The quantitative estimate of drug-likeness (QED) is 0.894. The van der Waals surface area contributed by atoms with Crippen LogP contribution in [0.2, 0.25) is 0 Å². The summed E-state index contributed by atoms with van der Waals surface area (Å²) in [4.78, 5) is 14.2. The van der Waals surface area contributed by atoms with E-state index < -0.39 is 5.60 Å². The minimum absolute atomic E-state index is 0.205. The zero-order valence-electron chi connectivity index (χ0n) is 13.6. The first-order chi connectivity index (χ1) is 11.5. The van der Waals surface area contributed by atoms with E-state index in [0.29, 0.717) is 31.7 Å². The number of rotatable bonds is 4. The lowest BCUT2D eigenvalue weighted by atomic mass is 9.92. The fourth-order valence-electron chi connectivity index (χ4n) is 2.82. The summed E-state index contributed by atoms with van der Waals surface area (Å²) in [7, 11) is 1.60. The molecule has 1 saturated heterocycles. The van der Waals surface area contributed by atoms with Gasteiger partial charge in [0.15, 0.2) is 5.76 Å². The molecular formula is C18H21NO5. The summed E-state index contributed by atoms with van der Waals surface area (Å²) in [6, 6.07) is 10.8. The minimum atomic E-state index is -1.08. The largest absolute Gasteiger partial charge is 0.497 e. The number of aliphatic hydroxyl groups is 2. The fraction of sp³-hybridized carbons (Fsp3) is 0.389. The smallest absolute Gasteiger partial charge is 0.289 e. The molecule has 0 radical (unpaired) electrons. The molecule has 2 heterocycles. The molecule has 24 heavy (non-hydrogen) atoms. The van der Waals surface area contributed by atoms with Crippen LogP contribution in [0.3, 0.4) is 0 Å². The molecular weight excluding hydrogens is 310 g/mol. The Morgan fingerprint density at radius 2 is 2.04 bits per heavy atom.